The first-order valence-electron chi connectivity index (χ1n) is 22.1. The van der Waals surface area contributed by atoms with Crippen LogP contribution in [0.3, 0.4) is 0 Å². The second kappa shape index (κ2) is 25.4. The molecule has 350 valence electrons. The number of H-pyrrole nitrogens is 1. The van der Waals surface area contributed by atoms with E-state index in [0.717, 1.165) is 93.9 Å². The topological polar surface area (TPSA) is 312 Å². The standard InChI is InChI=1S/C41H70N4O16/c1-3-5-7-9-11-13-15-17-26(48)42-29-33(53)31(51)24(21-23(47)37-35(55)36(56)38(60-37)45-20-19-28(50)44-41(45)57)58-39(29)61-40-30(34(54)32(52)25(22-46)59-40)43-27(49)18-16-14-12-10-8-6-4-2/h19-20,23-25,29-40,46-47,51-56H,3-18,21-22H2,1-2H3,(H,42,48)(H,43,49)(H,44,50,57)/t23-,24?,25?,29?,30?,31?,32?,33?,34?,35+,36-,37-,38-,39?,40?/m1/s1. The van der Waals surface area contributed by atoms with Gasteiger partial charge in [0.15, 0.2) is 18.8 Å². The van der Waals surface area contributed by atoms with Crippen LogP contribution >= 0.6 is 0 Å². The molecule has 20 heteroatoms. The Kier molecular flexibility index (Phi) is 21.2. The molecule has 0 bridgehead atoms. The van der Waals surface area contributed by atoms with Gasteiger partial charge in [-0.15, -0.1) is 0 Å². The lowest BCUT2D eigenvalue weighted by Gasteiger charge is -2.47. The van der Waals surface area contributed by atoms with Crippen molar-refractivity contribution < 1.29 is 69.4 Å². The van der Waals surface area contributed by atoms with Crippen LogP contribution in [0.2, 0.25) is 0 Å². The normalized spacial score (nSPS) is 33.3. The fourth-order valence-corrected chi connectivity index (χ4v) is 8.11. The van der Waals surface area contributed by atoms with Crippen LogP contribution in [0.1, 0.15) is 129 Å². The van der Waals surface area contributed by atoms with E-state index in [4.69, 9.17) is 18.9 Å². The number of unbranched alkanes of at least 4 members (excludes halogenated alkanes) is 12. The van der Waals surface area contributed by atoms with Crippen LogP contribution in [-0.2, 0) is 28.5 Å². The zero-order valence-electron chi connectivity index (χ0n) is 35.3. The summed E-state index contributed by atoms with van der Waals surface area (Å²) in [6, 6.07) is -1.93. The Balaban J connectivity index is 1.52. The highest BCUT2D eigenvalue weighted by Gasteiger charge is 2.53. The maximum absolute atomic E-state index is 13.3. The molecule has 0 aliphatic carbocycles. The third kappa shape index (κ3) is 14.3. The highest BCUT2D eigenvalue weighted by molar-refractivity contribution is 5.76. The average molecular weight is 875 g/mol. The summed E-state index contributed by atoms with van der Waals surface area (Å²) in [7, 11) is 0. The molecule has 4 heterocycles. The number of carbonyl (C=O) groups excluding carboxylic acids is 2. The molecule has 11 N–H and O–H groups in total. The van der Waals surface area contributed by atoms with Crippen LogP contribution in [0.5, 0.6) is 0 Å². The van der Waals surface area contributed by atoms with Crippen molar-refractivity contribution >= 4 is 11.8 Å². The van der Waals surface area contributed by atoms with E-state index in [9.17, 15) is 60.0 Å². The zero-order chi connectivity index (χ0) is 44.6. The second-order valence-electron chi connectivity index (χ2n) is 16.6. The van der Waals surface area contributed by atoms with Gasteiger partial charge in [-0.3, -0.25) is 23.9 Å². The molecule has 3 aliphatic heterocycles. The molecule has 3 saturated heterocycles. The lowest BCUT2D eigenvalue weighted by Crippen LogP contribution is -2.69. The van der Waals surface area contributed by atoms with E-state index in [-0.39, 0.29) is 12.8 Å². The van der Waals surface area contributed by atoms with Gasteiger partial charge in [-0.05, 0) is 12.8 Å². The van der Waals surface area contributed by atoms with Gasteiger partial charge in [0.1, 0.15) is 60.9 Å². The van der Waals surface area contributed by atoms with Gasteiger partial charge in [0, 0.05) is 31.5 Å². The third-order valence-electron chi connectivity index (χ3n) is 11.8. The minimum Gasteiger partial charge on any atom is -0.394 e. The van der Waals surface area contributed by atoms with Crippen molar-refractivity contribution in [1.82, 2.24) is 20.2 Å². The predicted octanol–water partition coefficient (Wildman–Crippen LogP) is -0.940. The number of nitrogens with zero attached hydrogens (tertiary/aromatic N) is 1. The molecule has 3 aliphatic rings. The van der Waals surface area contributed by atoms with Gasteiger partial charge in [0.2, 0.25) is 11.8 Å². The Bertz CT molecular complexity index is 1580. The molecule has 20 nitrogen and oxygen atoms in total. The third-order valence-corrected chi connectivity index (χ3v) is 11.8. The van der Waals surface area contributed by atoms with E-state index in [0.29, 0.717) is 12.8 Å². The van der Waals surface area contributed by atoms with Crippen LogP contribution in [0.15, 0.2) is 21.9 Å². The fraction of sp³-hybridized carbons (Fsp3) is 0.854. The highest BCUT2D eigenvalue weighted by Crippen LogP contribution is 2.34. The smallest absolute Gasteiger partial charge is 0.330 e. The summed E-state index contributed by atoms with van der Waals surface area (Å²) in [5.41, 5.74) is -1.67. The first-order valence-corrected chi connectivity index (χ1v) is 22.1. The molecule has 0 spiro atoms. The Hall–Kier alpha value is -2.86. The van der Waals surface area contributed by atoms with Crippen LogP contribution < -0.4 is 21.9 Å². The van der Waals surface area contributed by atoms with E-state index >= 15 is 0 Å². The molecule has 15 atom stereocenters. The molecular formula is C41H70N4O16. The first-order chi connectivity index (χ1) is 29.2. The predicted molar refractivity (Wildman–Crippen MR) is 216 cm³/mol. The quantitative estimate of drug-likeness (QED) is 0.0529. The summed E-state index contributed by atoms with van der Waals surface area (Å²) in [5, 5.41) is 93.0. The molecule has 3 fully saturated rings. The maximum atomic E-state index is 13.3. The number of aromatic nitrogens is 2. The molecule has 0 radical (unpaired) electrons. The van der Waals surface area contributed by atoms with Crippen molar-refractivity contribution in [3.05, 3.63) is 33.1 Å². The van der Waals surface area contributed by atoms with Crippen LogP contribution in [0.25, 0.3) is 0 Å². The van der Waals surface area contributed by atoms with Gasteiger partial charge in [-0.25, -0.2) is 4.79 Å². The lowest BCUT2D eigenvalue weighted by atomic mass is 9.91. The average Bonchev–Trinajstić information content (AvgIpc) is 3.52. The summed E-state index contributed by atoms with van der Waals surface area (Å²) < 4.78 is 24.6. The van der Waals surface area contributed by atoms with Crippen molar-refractivity contribution in [3.63, 3.8) is 0 Å². The van der Waals surface area contributed by atoms with Crippen LogP contribution in [0.4, 0.5) is 0 Å². The van der Waals surface area contributed by atoms with Crippen molar-refractivity contribution in [1.29, 1.82) is 0 Å². The molecule has 10 unspecified atom stereocenters. The second-order valence-corrected chi connectivity index (χ2v) is 16.6. The van der Waals surface area contributed by atoms with Gasteiger partial charge < -0.3 is 70.4 Å². The fourth-order valence-electron chi connectivity index (χ4n) is 8.11. The Morgan fingerprint density at radius 1 is 0.689 bits per heavy atom. The van der Waals surface area contributed by atoms with Crippen LogP contribution in [0, 0.1) is 0 Å². The minimum atomic E-state index is -1.82. The number of aliphatic hydroxyl groups excluding tert-OH is 8. The van der Waals surface area contributed by atoms with Gasteiger partial charge in [0.05, 0.1) is 18.8 Å². The van der Waals surface area contributed by atoms with E-state index in [1.807, 2.05) is 4.98 Å². The molecule has 61 heavy (non-hydrogen) atoms. The molecular weight excluding hydrogens is 804 g/mol. The SMILES string of the molecule is CCCCCCCCCC(=O)NC1C(OC2OC(C[C@@H](O)[C@H]3O[C@@H](n4ccc(=O)[nH]c4=O)[C@H](O)[C@@H]3O)C(O)C(O)C2NC(=O)CCCCCCCCC)OC(CO)C(O)C1O. The molecule has 2 amide bonds. The first kappa shape index (κ1) is 50.8. The summed E-state index contributed by atoms with van der Waals surface area (Å²) in [6.45, 7) is 3.48. The van der Waals surface area contributed by atoms with Gasteiger partial charge in [-0.2, -0.15) is 0 Å². The number of hydrogen-bond donors (Lipinski definition) is 11. The Morgan fingerprint density at radius 3 is 1.66 bits per heavy atom. The van der Waals surface area contributed by atoms with E-state index in [1.54, 1.807) is 0 Å². The summed E-state index contributed by atoms with van der Waals surface area (Å²) in [4.78, 5) is 52.4. The largest absolute Gasteiger partial charge is 0.394 e. The Morgan fingerprint density at radius 2 is 1.16 bits per heavy atom. The van der Waals surface area contributed by atoms with Crippen molar-refractivity contribution in [2.24, 2.45) is 0 Å². The highest BCUT2D eigenvalue weighted by atomic mass is 16.8. The zero-order valence-corrected chi connectivity index (χ0v) is 35.3. The number of nitrogens with one attached hydrogen (secondary N) is 3. The number of carbonyl (C=O) groups is 2. The number of rotatable bonds is 25. The van der Waals surface area contributed by atoms with Crippen LogP contribution in [-0.4, -0.2) is 155 Å². The van der Waals surface area contributed by atoms with E-state index in [1.165, 1.54) is 0 Å². The molecule has 0 aromatic carbocycles. The van der Waals surface area contributed by atoms with E-state index in [2.05, 4.69) is 24.5 Å². The minimum absolute atomic E-state index is 0.0649. The summed E-state index contributed by atoms with van der Waals surface area (Å²) in [5.74, 6) is -0.988. The monoisotopic (exact) mass is 874 g/mol. The van der Waals surface area contributed by atoms with Gasteiger partial charge in [-0.1, -0.05) is 90.9 Å². The maximum Gasteiger partial charge on any atom is 0.330 e. The summed E-state index contributed by atoms with van der Waals surface area (Å²) in [6.07, 6.45) is -7.74. The van der Waals surface area contributed by atoms with Crippen molar-refractivity contribution in [2.45, 2.75) is 215 Å². The van der Waals surface area contributed by atoms with Gasteiger partial charge in [0.25, 0.3) is 5.56 Å². The number of aromatic amines is 1. The number of aliphatic hydroxyl groups is 8. The molecule has 0 saturated carbocycles. The van der Waals surface area contributed by atoms with Crippen molar-refractivity contribution in [3.8, 4) is 0 Å². The van der Waals surface area contributed by atoms with Gasteiger partial charge >= 0.3 is 5.69 Å². The number of hydrogen-bond acceptors (Lipinski definition) is 16. The molecule has 1 aromatic rings. The van der Waals surface area contributed by atoms with E-state index < -0.39 is 128 Å². The molecule has 4 rings (SSSR count). The lowest BCUT2D eigenvalue weighted by molar-refractivity contribution is -0.347. The summed E-state index contributed by atoms with van der Waals surface area (Å²) >= 11 is 0. The van der Waals surface area contributed by atoms with Crippen molar-refractivity contribution in [2.75, 3.05) is 6.61 Å². The molecule has 1 aromatic heterocycles. The number of amides is 2. The number of ether oxygens (including phenoxy) is 4. The Labute approximate surface area is 355 Å².